The van der Waals surface area contributed by atoms with Crippen LogP contribution in [0.25, 0.3) is 0 Å². The molecule has 1 aliphatic rings. The van der Waals surface area contributed by atoms with Crippen LogP contribution in [-0.2, 0) is 24.3 Å². The van der Waals surface area contributed by atoms with Gasteiger partial charge in [-0.15, -0.1) is 5.10 Å². The highest BCUT2D eigenvalue weighted by Crippen LogP contribution is 2.25. The fourth-order valence-electron chi connectivity index (χ4n) is 3.30. The number of hydrogen-bond donors (Lipinski definition) is 1. The lowest BCUT2D eigenvalue weighted by atomic mass is 10.1. The third-order valence-electron chi connectivity index (χ3n) is 4.74. The van der Waals surface area contributed by atoms with Crippen molar-refractivity contribution in [2.75, 3.05) is 0 Å². The van der Waals surface area contributed by atoms with Crippen LogP contribution in [0.3, 0.4) is 0 Å². The zero-order valence-corrected chi connectivity index (χ0v) is 15.0. The fourth-order valence-corrected chi connectivity index (χ4v) is 3.30. The van der Waals surface area contributed by atoms with E-state index in [0.717, 1.165) is 24.9 Å². The first-order chi connectivity index (χ1) is 12.6. The van der Waals surface area contributed by atoms with Crippen molar-refractivity contribution in [1.29, 1.82) is 0 Å². The average Bonchev–Trinajstić information content (AvgIpc) is 3.21. The number of aliphatic carboxylic acids is 1. The number of aromatic nitrogens is 3. The van der Waals surface area contributed by atoms with Crippen molar-refractivity contribution in [3.8, 4) is 0 Å². The van der Waals surface area contributed by atoms with E-state index in [1.165, 1.54) is 17.7 Å². The number of unbranched alkanes of at least 4 members (excludes halogenated alkanes) is 3. The minimum atomic E-state index is -1.02. The molecule has 1 amide bonds. The molecule has 2 heterocycles. The van der Waals surface area contributed by atoms with E-state index >= 15 is 0 Å². The first kappa shape index (κ1) is 18.1. The van der Waals surface area contributed by atoms with Gasteiger partial charge >= 0.3 is 5.97 Å². The molecule has 0 radical (unpaired) electrons. The largest absolute Gasteiger partial charge is 0.480 e. The van der Waals surface area contributed by atoms with Crippen LogP contribution in [0.4, 0.5) is 0 Å². The molecule has 7 nitrogen and oxygen atoms in total. The van der Waals surface area contributed by atoms with Crippen LogP contribution in [0, 0.1) is 0 Å². The summed E-state index contributed by atoms with van der Waals surface area (Å²) < 4.78 is 1.75. The van der Waals surface area contributed by atoms with Crippen molar-refractivity contribution < 1.29 is 14.7 Å². The van der Waals surface area contributed by atoms with Crippen LogP contribution in [0.2, 0.25) is 0 Å². The van der Waals surface area contributed by atoms with Crippen molar-refractivity contribution >= 4 is 11.9 Å². The first-order valence-corrected chi connectivity index (χ1v) is 9.11. The molecule has 0 saturated carbocycles. The van der Waals surface area contributed by atoms with Gasteiger partial charge in [0, 0.05) is 31.3 Å². The highest BCUT2D eigenvalue weighted by Gasteiger charge is 2.36. The topological polar surface area (TPSA) is 88.3 Å². The molecule has 7 heteroatoms. The van der Waals surface area contributed by atoms with E-state index < -0.39 is 12.0 Å². The zero-order valence-electron chi connectivity index (χ0n) is 15.0. The van der Waals surface area contributed by atoms with E-state index in [4.69, 9.17) is 0 Å². The van der Waals surface area contributed by atoms with E-state index in [1.54, 1.807) is 23.0 Å². The molecule has 1 aromatic carbocycles. The second kappa shape index (κ2) is 8.12. The number of nitrogens with zero attached hydrogens (tertiary/aromatic N) is 4. The Bertz CT molecular complexity index is 787. The van der Waals surface area contributed by atoms with Gasteiger partial charge in [0.2, 0.25) is 0 Å². The van der Waals surface area contributed by atoms with Gasteiger partial charge in [0.1, 0.15) is 6.04 Å². The first-order valence-electron chi connectivity index (χ1n) is 9.11. The van der Waals surface area contributed by atoms with Crippen LogP contribution in [0.5, 0.6) is 0 Å². The molecule has 1 aromatic heterocycles. The number of carboxylic acids is 1. The molecule has 0 fully saturated rings. The summed E-state index contributed by atoms with van der Waals surface area (Å²) >= 11 is 0. The number of rotatable bonds is 9. The monoisotopic (exact) mass is 356 g/mol. The Labute approximate surface area is 152 Å². The van der Waals surface area contributed by atoms with Crippen LogP contribution in [0.1, 0.15) is 54.2 Å². The molecule has 3 rings (SSSR count). The minimum Gasteiger partial charge on any atom is -0.480 e. The van der Waals surface area contributed by atoms with Crippen molar-refractivity contribution in [2.24, 2.45) is 0 Å². The van der Waals surface area contributed by atoms with E-state index in [0.29, 0.717) is 17.8 Å². The van der Waals surface area contributed by atoms with Crippen LogP contribution < -0.4 is 0 Å². The van der Waals surface area contributed by atoms with Crippen LogP contribution >= 0.6 is 0 Å². The van der Waals surface area contributed by atoms with Crippen molar-refractivity contribution in [1.82, 2.24) is 19.9 Å². The number of carboxylic acid groups (broad SMARTS) is 1. The van der Waals surface area contributed by atoms with Gasteiger partial charge in [0.15, 0.2) is 0 Å². The van der Waals surface area contributed by atoms with Gasteiger partial charge < -0.3 is 10.0 Å². The lowest BCUT2D eigenvalue weighted by Gasteiger charge is -2.23. The highest BCUT2D eigenvalue weighted by atomic mass is 16.4. The molecular formula is C19H24N4O3. The Morgan fingerprint density at radius 3 is 2.81 bits per heavy atom. The summed E-state index contributed by atoms with van der Waals surface area (Å²) in [4.78, 5) is 25.8. The average molecular weight is 356 g/mol. The molecule has 1 N–H and O–H groups in total. The third-order valence-corrected chi connectivity index (χ3v) is 4.74. The van der Waals surface area contributed by atoms with Crippen molar-refractivity contribution in [2.45, 2.75) is 58.2 Å². The Balaban J connectivity index is 1.66. The predicted octanol–water partition coefficient (Wildman–Crippen LogP) is 2.51. The van der Waals surface area contributed by atoms with Gasteiger partial charge in [0.05, 0.1) is 5.69 Å². The standard InChI is InChI=1S/C19H24N4O3/c1-2-3-4-7-10-22-13-15(20-21-22)11-17(19(25)26)23-12-14-8-5-6-9-16(14)18(23)24/h5-6,8-9,13,17H,2-4,7,10-12H2,1H3,(H,25,26). The molecular weight excluding hydrogens is 332 g/mol. The maximum absolute atomic E-state index is 12.6. The van der Waals surface area contributed by atoms with Gasteiger partial charge in [-0.1, -0.05) is 49.6 Å². The van der Waals surface area contributed by atoms with Gasteiger partial charge in [-0.3, -0.25) is 9.48 Å². The summed E-state index contributed by atoms with van der Waals surface area (Å²) in [5, 5.41) is 17.8. The van der Waals surface area contributed by atoms with Gasteiger partial charge in [-0.05, 0) is 18.1 Å². The number of aryl methyl sites for hydroxylation is 1. The van der Waals surface area contributed by atoms with E-state index in [2.05, 4.69) is 17.2 Å². The lowest BCUT2D eigenvalue weighted by molar-refractivity contribution is -0.142. The number of amides is 1. The third kappa shape index (κ3) is 3.92. The fraction of sp³-hybridized carbons (Fsp3) is 0.474. The lowest BCUT2D eigenvalue weighted by Crippen LogP contribution is -2.43. The molecule has 0 spiro atoms. The van der Waals surface area contributed by atoms with Crippen LogP contribution in [0.15, 0.2) is 30.5 Å². The van der Waals surface area contributed by atoms with Crippen molar-refractivity contribution in [3.05, 3.63) is 47.3 Å². The SMILES string of the molecule is CCCCCCn1cc(CC(C(=O)O)N2Cc3ccccc3C2=O)nn1. The summed E-state index contributed by atoms with van der Waals surface area (Å²) in [7, 11) is 0. The minimum absolute atomic E-state index is 0.157. The Kier molecular flexibility index (Phi) is 5.65. The predicted molar refractivity (Wildman–Crippen MR) is 95.6 cm³/mol. The maximum Gasteiger partial charge on any atom is 0.326 e. The number of carbonyl (C=O) groups is 2. The summed E-state index contributed by atoms with van der Waals surface area (Å²) in [6, 6.07) is 6.30. The molecule has 1 atom stereocenters. The number of carbonyl (C=O) groups excluding carboxylic acids is 1. The molecule has 0 saturated heterocycles. The molecule has 2 aromatic rings. The Morgan fingerprint density at radius 1 is 1.27 bits per heavy atom. The molecule has 0 bridgehead atoms. The summed E-state index contributed by atoms with van der Waals surface area (Å²) in [5.41, 5.74) is 2.04. The number of hydrogen-bond acceptors (Lipinski definition) is 4. The van der Waals surface area contributed by atoms with Crippen LogP contribution in [-0.4, -0.2) is 42.9 Å². The normalized spacial score (nSPS) is 14.5. The molecule has 0 aliphatic carbocycles. The van der Waals surface area contributed by atoms with Gasteiger partial charge in [-0.25, -0.2) is 4.79 Å². The zero-order chi connectivity index (χ0) is 18.5. The summed E-state index contributed by atoms with van der Waals surface area (Å²) in [6.07, 6.45) is 6.48. The number of fused-ring (bicyclic) bond motifs is 1. The smallest absolute Gasteiger partial charge is 0.326 e. The highest BCUT2D eigenvalue weighted by molar-refractivity contribution is 6.00. The maximum atomic E-state index is 12.6. The quantitative estimate of drug-likeness (QED) is 0.698. The molecule has 138 valence electrons. The van der Waals surface area contributed by atoms with E-state index in [9.17, 15) is 14.7 Å². The second-order valence-corrected chi connectivity index (χ2v) is 6.68. The Hall–Kier alpha value is -2.70. The molecule has 1 unspecified atom stereocenters. The second-order valence-electron chi connectivity index (χ2n) is 6.68. The van der Waals surface area contributed by atoms with Gasteiger partial charge in [-0.2, -0.15) is 0 Å². The Morgan fingerprint density at radius 2 is 2.08 bits per heavy atom. The number of benzene rings is 1. The van der Waals surface area contributed by atoms with Crippen molar-refractivity contribution in [3.63, 3.8) is 0 Å². The molecule has 26 heavy (non-hydrogen) atoms. The van der Waals surface area contributed by atoms with Gasteiger partial charge in [0.25, 0.3) is 5.91 Å². The summed E-state index contributed by atoms with van der Waals surface area (Å²) in [6.45, 7) is 3.26. The molecule has 1 aliphatic heterocycles. The van der Waals surface area contributed by atoms with E-state index in [1.807, 2.05) is 12.1 Å². The van der Waals surface area contributed by atoms with E-state index in [-0.39, 0.29) is 12.3 Å². The summed E-state index contributed by atoms with van der Waals surface area (Å²) in [5.74, 6) is -1.26.